The standard InChI is InChI=1S/C23H25N3O3/c1-17-9-11-18(12-10-17)20-13-14-23(28)26(25-20)15-5-8-22(27)24-16-19-6-3-4-7-21(19)29-2/h3-4,6-7,9-14H,5,8,15-16H2,1-2H3,(H,24,27). The van der Waals surface area contributed by atoms with Crippen molar-refractivity contribution in [2.24, 2.45) is 0 Å². The molecule has 6 heteroatoms. The second-order valence-corrected chi connectivity index (χ2v) is 6.84. The molecule has 1 aromatic heterocycles. The van der Waals surface area contributed by atoms with Crippen molar-refractivity contribution >= 4 is 5.91 Å². The first-order chi connectivity index (χ1) is 14.1. The van der Waals surface area contributed by atoms with Crippen LogP contribution >= 0.6 is 0 Å². The van der Waals surface area contributed by atoms with Crippen molar-refractivity contribution in [3.8, 4) is 17.0 Å². The smallest absolute Gasteiger partial charge is 0.266 e. The Labute approximate surface area is 170 Å². The van der Waals surface area contributed by atoms with E-state index < -0.39 is 0 Å². The fourth-order valence-electron chi connectivity index (χ4n) is 3.01. The molecule has 0 saturated carbocycles. The predicted molar refractivity (Wildman–Crippen MR) is 113 cm³/mol. The second kappa shape index (κ2) is 9.68. The Morgan fingerprint density at radius 3 is 2.59 bits per heavy atom. The number of carbonyl (C=O) groups is 1. The Balaban J connectivity index is 1.54. The van der Waals surface area contributed by atoms with Gasteiger partial charge in [-0.15, -0.1) is 0 Å². The van der Waals surface area contributed by atoms with Crippen LogP contribution in [0.2, 0.25) is 0 Å². The summed E-state index contributed by atoms with van der Waals surface area (Å²) >= 11 is 0. The summed E-state index contributed by atoms with van der Waals surface area (Å²) < 4.78 is 6.71. The molecule has 0 atom stereocenters. The molecule has 150 valence electrons. The molecule has 1 heterocycles. The SMILES string of the molecule is COc1ccccc1CNC(=O)CCCn1nc(-c2ccc(C)cc2)ccc1=O. The summed E-state index contributed by atoms with van der Waals surface area (Å²) in [7, 11) is 1.61. The fourth-order valence-corrected chi connectivity index (χ4v) is 3.01. The van der Waals surface area contributed by atoms with Crippen LogP contribution < -0.4 is 15.6 Å². The molecule has 0 unspecified atom stereocenters. The number of nitrogens with zero attached hydrogens (tertiary/aromatic N) is 2. The molecule has 0 radical (unpaired) electrons. The maximum absolute atomic E-state index is 12.2. The van der Waals surface area contributed by atoms with Crippen LogP contribution in [0.15, 0.2) is 65.5 Å². The van der Waals surface area contributed by atoms with E-state index in [4.69, 9.17) is 4.74 Å². The van der Waals surface area contributed by atoms with Crippen LogP contribution in [0.5, 0.6) is 5.75 Å². The normalized spacial score (nSPS) is 10.6. The Morgan fingerprint density at radius 1 is 1.07 bits per heavy atom. The number of amides is 1. The van der Waals surface area contributed by atoms with Gasteiger partial charge in [-0.25, -0.2) is 4.68 Å². The van der Waals surface area contributed by atoms with E-state index >= 15 is 0 Å². The molecule has 1 amide bonds. The van der Waals surface area contributed by atoms with Crippen molar-refractivity contribution in [1.29, 1.82) is 0 Å². The van der Waals surface area contributed by atoms with E-state index in [0.717, 1.165) is 22.6 Å². The van der Waals surface area contributed by atoms with Crippen LogP contribution in [0, 0.1) is 6.92 Å². The number of rotatable bonds is 8. The minimum atomic E-state index is -0.171. The Morgan fingerprint density at radius 2 is 1.83 bits per heavy atom. The lowest BCUT2D eigenvalue weighted by atomic mass is 10.1. The van der Waals surface area contributed by atoms with Crippen molar-refractivity contribution in [2.75, 3.05) is 7.11 Å². The van der Waals surface area contributed by atoms with Gasteiger partial charge in [0, 0.05) is 36.7 Å². The number of hydrogen-bond acceptors (Lipinski definition) is 4. The van der Waals surface area contributed by atoms with Crippen molar-refractivity contribution in [3.63, 3.8) is 0 Å². The van der Waals surface area contributed by atoms with Gasteiger partial charge >= 0.3 is 0 Å². The minimum Gasteiger partial charge on any atom is -0.496 e. The second-order valence-electron chi connectivity index (χ2n) is 6.84. The topological polar surface area (TPSA) is 73.2 Å². The van der Waals surface area contributed by atoms with E-state index in [1.807, 2.05) is 55.5 Å². The van der Waals surface area contributed by atoms with Gasteiger partial charge in [0.05, 0.1) is 12.8 Å². The molecule has 0 spiro atoms. The summed E-state index contributed by atoms with van der Waals surface area (Å²) in [6, 6.07) is 18.8. The maximum Gasteiger partial charge on any atom is 0.266 e. The predicted octanol–water partition coefficient (Wildman–Crippen LogP) is 3.32. The van der Waals surface area contributed by atoms with Crippen LogP contribution in [0.3, 0.4) is 0 Å². The molecule has 3 rings (SSSR count). The van der Waals surface area contributed by atoms with E-state index in [-0.39, 0.29) is 11.5 Å². The first-order valence-corrected chi connectivity index (χ1v) is 9.60. The van der Waals surface area contributed by atoms with Gasteiger partial charge in [-0.05, 0) is 25.5 Å². The number of nitrogens with one attached hydrogen (secondary N) is 1. The number of ether oxygens (including phenoxy) is 1. The molecule has 6 nitrogen and oxygen atoms in total. The van der Waals surface area contributed by atoms with E-state index in [1.165, 1.54) is 16.3 Å². The van der Waals surface area contributed by atoms with Crippen LogP contribution in [-0.4, -0.2) is 22.8 Å². The molecule has 0 fully saturated rings. The van der Waals surface area contributed by atoms with Gasteiger partial charge < -0.3 is 10.1 Å². The molecule has 0 bridgehead atoms. The molecular formula is C23H25N3O3. The van der Waals surface area contributed by atoms with Crippen molar-refractivity contribution in [1.82, 2.24) is 15.1 Å². The lowest BCUT2D eigenvalue weighted by molar-refractivity contribution is -0.121. The van der Waals surface area contributed by atoms with Gasteiger partial charge in [0.25, 0.3) is 5.56 Å². The molecule has 0 aliphatic heterocycles. The number of benzene rings is 2. The largest absolute Gasteiger partial charge is 0.496 e. The number of methoxy groups -OCH3 is 1. The van der Waals surface area contributed by atoms with Crippen molar-refractivity contribution in [3.05, 3.63) is 82.1 Å². The zero-order valence-corrected chi connectivity index (χ0v) is 16.7. The van der Waals surface area contributed by atoms with Crippen molar-refractivity contribution in [2.45, 2.75) is 32.9 Å². The highest BCUT2D eigenvalue weighted by molar-refractivity contribution is 5.75. The summed E-state index contributed by atoms with van der Waals surface area (Å²) in [5.41, 5.74) is 3.62. The number of para-hydroxylation sites is 1. The van der Waals surface area contributed by atoms with Crippen LogP contribution in [0.4, 0.5) is 0 Å². The average Bonchev–Trinajstić information content (AvgIpc) is 2.74. The summed E-state index contributed by atoms with van der Waals surface area (Å²) in [6.45, 7) is 2.82. The summed E-state index contributed by atoms with van der Waals surface area (Å²) in [5.74, 6) is 0.676. The molecule has 2 aromatic carbocycles. The minimum absolute atomic E-state index is 0.0707. The van der Waals surface area contributed by atoms with Crippen LogP contribution in [0.1, 0.15) is 24.0 Å². The van der Waals surface area contributed by atoms with E-state index in [9.17, 15) is 9.59 Å². The van der Waals surface area contributed by atoms with Gasteiger partial charge in [0.2, 0.25) is 5.91 Å². The monoisotopic (exact) mass is 391 g/mol. The van der Waals surface area contributed by atoms with E-state index in [1.54, 1.807) is 13.2 Å². The Kier molecular flexibility index (Phi) is 6.79. The number of aryl methyl sites for hydroxylation is 2. The Hall–Kier alpha value is -3.41. The maximum atomic E-state index is 12.2. The van der Waals surface area contributed by atoms with Crippen molar-refractivity contribution < 1.29 is 9.53 Å². The first-order valence-electron chi connectivity index (χ1n) is 9.60. The molecule has 3 aromatic rings. The zero-order valence-electron chi connectivity index (χ0n) is 16.7. The number of carbonyl (C=O) groups excluding carboxylic acids is 1. The van der Waals surface area contributed by atoms with E-state index in [0.29, 0.717) is 25.9 Å². The van der Waals surface area contributed by atoms with Crippen LogP contribution in [0.25, 0.3) is 11.3 Å². The lowest BCUT2D eigenvalue weighted by Gasteiger charge is -2.10. The fraction of sp³-hybridized carbons (Fsp3) is 0.261. The molecular weight excluding hydrogens is 366 g/mol. The van der Waals surface area contributed by atoms with Gasteiger partial charge in [0.1, 0.15) is 5.75 Å². The number of hydrogen-bond donors (Lipinski definition) is 1. The first kappa shape index (κ1) is 20.3. The highest BCUT2D eigenvalue weighted by atomic mass is 16.5. The lowest BCUT2D eigenvalue weighted by Crippen LogP contribution is -2.25. The summed E-state index contributed by atoms with van der Waals surface area (Å²) in [4.78, 5) is 24.3. The van der Waals surface area contributed by atoms with Gasteiger partial charge in [-0.2, -0.15) is 5.10 Å². The number of aromatic nitrogens is 2. The third-order valence-electron chi connectivity index (χ3n) is 4.66. The molecule has 0 aliphatic rings. The molecule has 0 aliphatic carbocycles. The average molecular weight is 391 g/mol. The summed E-state index contributed by atoms with van der Waals surface area (Å²) in [6.07, 6.45) is 0.847. The Bertz CT molecular complexity index is 1030. The quantitative estimate of drug-likeness (QED) is 0.639. The third-order valence-corrected chi connectivity index (χ3v) is 4.66. The van der Waals surface area contributed by atoms with Gasteiger partial charge in [-0.1, -0.05) is 48.0 Å². The molecule has 0 saturated heterocycles. The highest BCUT2D eigenvalue weighted by Gasteiger charge is 2.07. The third kappa shape index (κ3) is 5.54. The highest BCUT2D eigenvalue weighted by Crippen LogP contribution is 2.17. The molecule has 29 heavy (non-hydrogen) atoms. The van der Waals surface area contributed by atoms with Gasteiger partial charge in [0.15, 0.2) is 0 Å². The van der Waals surface area contributed by atoms with E-state index in [2.05, 4.69) is 10.4 Å². The van der Waals surface area contributed by atoms with Crippen LogP contribution in [-0.2, 0) is 17.9 Å². The van der Waals surface area contributed by atoms with Gasteiger partial charge in [-0.3, -0.25) is 9.59 Å². The summed E-state index contributed by atoms with van der Waals surface area (Å²) in [5, 5.41) is 7.33. The molecule has 1 N–H and O–H groups in total. The zero-order chi connectivity index (χ0) is 20.6.